The Kier molecular flexibility index (Phi) is 5.54. The van der Waals surface area contributed by atoms with Crippen LogP contribution in [0.15, 0.2) is 0 Å². The van der Waals surface area contributed by atoms with Gasteiger partial charge >= 0.3 is 0 Å². The van der Waals surface area contributed by atoms with Crippen LogP contribution >= 0.6 is 0 Å². The number of carbonyl (C=O) groups excluding carboxylic acids is 1. The molecule has 0 heterocycles. The van der Waals surface area contributed by atoms with E-state index in [1.165, 1.54) is 38.5 Å². The van der Waals surface area contributed by atoms with Crippen LogP contribution in [0.4, 0.5) is 0 Å². The molecule has 2 nitrogen and oxygen atoms in total. The van der Waals surface area contributed by atoms with Crippen molar-refractivity contribution >= 4 is 5.78 Å². The van der Waals surface area contributed by atoms with Crippen LogP contribution in [0.2, 0.25) is 0 Å². The van der Waals surface area contributed by atoms with Gasteiger partial charge in [0.15, 0.2) is 0 Å². The monoisotopic (exact) mass is 402 g/mol. The SMILES string of the molecule is CC(=O)CCC(C)[C@H]1CCC2C3C(CC[C@@]21C)[C@@]1(C)CC[C@@H](O)C[C@@]1(C)C[C@@H]3C. The van der Waals surface area contributed by atoms with Gasteiger partial charge in [-0.05, 0) is 116 Å². The highest BCUT2D eigenvalue weighted by atomic mass is 16.3. The number of Topliss-reactive ketones (excluding diaryl/α,β-unsaturated/α-hetero) is 1. The summed E-state index contributed by atoms with van der Waals surface area (Å²) in [7, 11) is 0. The number of aliphatic hydroxyl groups excluding tert-OH is 1. The zero-order chi connectivity index (χ0) is 21.2. The number of carbonyl (C=O) groups is 1. The van der Waals surface area contributed by atoms with E-state index in [4.69, 9.17) is 0 Å². The third-order valence-electron chi connectivity index (χ3n) is 11.4. The highest BCUT2D eigenvalue weighted by Gasteiger charge is 2.65. The Bertz CT molecular complexity index is 642. The topological polar surface area (TPSA) is 37.3 Å². The first-order chi connectivity index (χ1) is 13.5. The van der Waals surface area contributed by atoms with Crippen molar-refractivity contribution in [3.05, 3.63) is 0 Å². The minimum Gasteiger partial charge on any atom is -0.393 e. The van der Waals surface area contributed by atoms with Gasteiger partial charge in [-0.15, -0.1) is 0 Å². The lowest BCUT2D eigenvalue weighted by molar-refractivity contribution is -0.190. The van der Waals surface area contributed by atoms with E-state index in [1.54, 1.807) is 6.92 Å². The molecular weight excluding hydrogens is 356 g/mol. The van der Waals surface area contributed by atoms with Gasteiger partial charge in [0.2, 0.25) is 0 Å². The Morgan fingerprint density at radius 3 is 2.45 bits per heavy atom. The predicted octanol–water partition coefficient (Wildman–Crippen LogP) is 6.65. The second-order valence-corrected chi connectivity index (χ2v) is 12.8. The lowest BCUT2D eigenvalue weighted by atomic mass is 9.38. The summed E-state index contributed by atoms with van der Waals surface area (Å²) in [4.78, 5) is 11.6. The number of fused-ring (bicyclic) bond motifs is 5. The second-order valence-electron chi connectivity index (χ2n) is 12.8. The van der Waals surface area contributed by atoms with Crippen LogP contribution in [0, 0.1) is 51.8 Å². The molecule has 0 saturated heterocycles. The Morgan fingerprint density at radius 2 is 1.76 bits per heavy atom. The van der Waals surface area contributed by atoms with Gasteiger partial charge in [0, 0.05) is 6.42 Å². The third kappa shape index (κ3) is 3.26. The molecule has 4 unspecified atom stereocenters. The van der Waals surface area contributed by atoms with Gasteiger partial charge in [0.25, 0.3) is 0 Å². The summed E-state index contributed by atoms with van der Waals surface area (Å²) >= 11 is 0. The van der Waals surface area contributed by atoms with Crippen LogP contribution in [0.25, 0.3) is 0 Å². The molecule has 2 heteroatoms. The quantitative estimate of drug-likeness (QED) is 0.572. The fraction of sp³-hybridized carbons (Fsp3) is 0.963. The first kappa shape index (κ1) is 21.8. The van der Waals surface area contributed by atoms with Crippen LogP contribution in [0.5, 0.6) is 0 Å². The van der Waals surface area contributed by atoms with Crippen molar-refractivity contribution in [3.63, 3.8) is 0 Å². The van der Waals surface area contributed by atoms with Crippen LogP contribution in [0.1, 0.15) is 106 Å². The summed E-state index contributed by atoms with van der Waals surface area (Å²) in [6.07, 6.45) is 11.9. The third-order valence-corrected chi connectivity index (χ3v) is 11.4. The smallest absolute Gasteiger partial charge is 0.129 e. The summed E-state index contributed by atoms with van der Waals surface area (Å²) in [6, 6.07) is 0. The molecule has 0 aliphatic heterocycles. The molecule has 0 radical (unpaired) electrons. The maximum absolute atomic E-state index is 11.6. The van der Waals surface area contributed by atoms with Gasteiger partial charge in [-0.25, -0.2) is 0 Å². The maximum atomic E-state index is 11.6. The normalized spacial score (nSPS) is 52.9. The molecule has 0 aromatic carbocycles. The molecule has 4 aliphatic rings. The first-order valence-electron chi connectivity index (χ1n) is 12.7. The molecule has 4 aliphatic carbocycles. The number of ketones is 1. The zero-order valence-corrected chi connectivity index (χ0v) is 20.0. The lowest BCUT2D eigenvalue weighted by Crippen LogP contribution is -2.60. The molecule has 4 fully saturated rings. The van der Waals surface area contributed by atoms with Crippen LogP contribution in [0.3, 0.4) is 0 Å². The van der Waals surface area contributed by atoms with Gasteiger partial charge < -0.3 is 9.90 Å². The molecule has 1 N–H and O–H groups in total. The van der Waals surface area contributed by atoms with Gasteiger partial charge in [-0.2, -0.15) is 0 Å². The largest absolute Gasteiger partial charge is 0.393 e. The maximum Gasteiger partial charge on any atom is 0.129 e. The Hall–Kier alpha value is -0.370. The molecule has 29 heavy (non-hydrogen) atoms. The van der Waals surface area contributed by atoms with Crippen molar-refractivity contribution in [1.29, 1.82) is 0 Å². The molecule has 4 saturated carbocycles. The minimum absolute atomic E-state index is 0.0799. The molecule has 0 spiro atoms. The molecule has 0 aromatic heterocycles. The van der Waals surface area contributed by atoms with E-state index >= 15 is 0 Å². The summed E-state index contributed by atoms with van der Waals surface area (Å²) < 4.78 is 0. The van der Waals surface area contributed by atoms with E-state index in [0.29, 0.717) is 27.9 Å². The van der Waals surface area contributed by atoms with Crippen LogP contribution in [-0.4, -0.2) is 17.0 Å². The van der Waals surface area contributed by atoms with Crippen LogP contribution in [-0.2, 0) is 4.79 Å². The molecular formula is C27H46O2. The molecule has 4 rings (SSSR count). The standard InChI is InChI=1S/C27H46O2/c1-17(7-8-19(3)28)21-9-10-22-24-18(2)15-25(4)16-20(29)11-14-27(25,6)23(24)12-13-26(21,22)5/h17-18,20-24,29H,7-16H2,1-6H3/t17?,18-,20+,21+,22?,23?,24?,25+,26+,27+/m0/s1. The highest BCUT2D eigenvalue weighted by Crippen LogP contribution is 2.72. The predicted molar refractivity (Wildman–Crippen MR) is 119 cm³/mol. The number of hydrogen-bond acceptors (Lipinski definition) is 2. The average Bonchev–Trinajstić information content (AvgIpc) is 2.98. The van der Waals surface area contributed by atoms with Gasteiger partial charge in [-0.3, -0.25) is 0 Å². The Balaban J connectivity index is 1.59. The van der Waals surface area contributed by atoms with E-state index in [-0.39, 0.29) is 6.10 Å². The van der Waals surface area contributed by atoms with E-state index in [0.717, 1.165) is 55.3 Å². The number of hydrogen-bond donors (Lipinski definition) is 1. The van der Waals surface area contributed by atoms with E-state index < -0.39 is 0 Å². The molecule has 10 atom stereocenters. The van der Waals surface area contributed by atoms with Crippen molar-refractivity contribution in [2.45, 2.75) is 112 Å². The van der Waals surface area contributed by atoms with Gasteiger partial charge in [0.1, 0.15) is 5.78 Å². The van der Waals surface area contributed by atoms with Gasteiger partial charge in [0.05, 0.1) is 6.10 Å². The molecule has 166 valence electrons. The van der Waals surface area contributed by atoms with Crippen molar-refractivity contribution in [3.8, 4) is 0 Å². The van der Waals surface area contributed by atoms with Crippen molar-refractivity contribution < 1.29 is 9.90 Å². The van der Waals surface area contributed by atoms with Crippen molar-refractivity contribution in [2.24, 2.45) is 51.8 Å². The molecule has 0 aromatic rings. The number of rotatable bonds is 4. The zero-order valence-electron chi connectivity index (χ0n) is 20.0. The van der Waals surface area contributed by atoms with E-state index in [9.17, 15) is 9.90 Å². The molecule has 0 bridgehead atoms. The average molecular weight is 403 g/mol. The summed E-state index contributed by atoms with van der Waals surface area (Å²) in [5, 5.41) is 10.5. The van der Waals surface area contributed by atoms with E-state index in [2.05, 4.69) is 34.6 Å². The minimum atomic E-state index is -0.0799. The summed E-state index contributed by atoms with van der Waals surface area (Å²) in [5.41, 5.74) is 1.19. The molecule has 0 amide bonds. The summed E-state index contributed by atoms with van der Waals surface area (Å²) in [6.45, 7) is 14.5. The fourth-order valence-corrected chi connectivity index (χ4v) is 9.76. The highest BCUT2D eigenvalue weighted by molar-refractivity contribution is 5.75. The van der Waals surface area contributed by atoms with Gasteiger partial charge in [-0.1, -0.05) is 34.6 Å². The first-order valence-corrected chi connectivity index (χ1v) is 12.7. The fourth-order valence-electron chi connectivity index (χ4n) is 9.76. The van der Waals surface area contributed by atoms with E-state index in [1.807, 2.05) is 0 Å². The lowest BCUT2D eigenvalue weighted by Gasteiger charge is -2.67. The van der Waals surface area contributed by atoms with Crippen LogP contribution < -0.4 is 0 Å². The van der Waals surface area contributed by atoms with Crippen molar-refractivity contribution in [2.75, 3.05) is 0 Å². The summed E-state index contributed by atoms with van der Waals surface area (Å²) in [5.74, 6) is 5.19. The Labute approximate surface area is 179 Å². The number of aliphatic hydroxyl groups is 1. The van der Waals surface area contributed by atoms with Crippen molar-refractivity contribution in [1.82, 2.24) is 0 Å². The second kappa shape index (κ2) is 7.35. The Morgan fingerprint density at radius 1 is 1.03 bits per heavy atom.